The van der Waals surface area contributed by atoms with Gasteiger partial charge in [0.2, 0.25) is 5.91 Å². The summed E-state index contributed by atoms with van der Waals surface area (Å²) in [7, 11) is 0. The van der Waals surface area contributed by atoms with Crippen molar-refractivity contribution in [3.63, 3.8) is 0 Å². The van der Waals surface area contributed by atoms with E-state index in [-0.39, 0.29) is 5.91 Å². The number of likely N-dealkylation sites (tertiary alicyclic amines) is 1. The van der Waals surface area contributed by atoms with E-state index < -0.39 is 0 Å². The van der Waals surface area contributed by atoms with Crippen LogP contribution in [0.2, 0.25) is 0 Å². The van der Waals surface area contributed by atoms with Crippen molar-refractivity contribution < 1.29 is 4.79 Å². The van der Waals surface area contributed by atoms with Crippen LogP contribution >= 0.6 is 0 Å². The average Bonchev–Trinajstić information content (AvgIpc) is 2.19. The maximum atomic E-state index is 11.3. The smallest absolute Gasteiger partial charge is 0.219 e. The Balaban J connectivity index is 2.01. The van der Waals surface area contributed by atoms with E-state index in [1.165, 1.54) is 25.7 Å². The van der Waals surface area contributed by atoms with Gasteiger partial charge in [0.1, 0.15) is 0 Å². The van der Waals surface area contributed by atoms with E-state index in [4.69, 9.17) is 0 Å². The van der Waals surface area contributed by atoms with Gasteiger partial charge in [-0.15, -0.1) is 0 Å². The summed E-state index contributed by atoms with van der Waals surface area (Å²) in [5.41, 5.74) is 0.405. The topological polar surface area (TPSA) is 32.3 Å². The molecule has 0 bridgehead atoms. The molecule has 2 saturated heterocycles. The van der Waals surface area contributed by atoms with Crippen LogP contribution < -0.4 is 5.32 Å². The van der Waals surface area contributed by atoms with Crippen molar-refractivity contribution in [1.29, 1.82) is 0 Å². The van der Waals surface area contributed by atoms with Gasteiger partial charge in [0.05, 0.1) is 0 Å². The van der Waals surface area contributed by atoms with Crippen LogP contribution in [0.3, 0.4) is 0 Å². The van der Waals surface area contributed by atoms with Crippen LogP contribution in [-0.4, -0.2) is 37.0 Å². The molecule has 0 aromatic rings. The van der Waals surface area contributed by atoms with E-state index >= 15 is 0 Å². The van der Waals surface area contributed by atoms with Crippen LogP contribution in [-0.2, 0) is 4.79 Å². The van der Waals surface area contributed by atoms with Gasteiger partial charge in [-0.05, 0) is 32.2 Å². The van der Waals surface area contributed by atoms with Gasteiger partial charge in [-0.2, -0.15) is 0 Å². The summed E-state index contributed by atoms with van der Waals surface area (Å²) in [6, 6.07) is 0. The maximum Gasteiger partial charge on any atom is 0.219 e. The van der Waals surface area contributed by atoms with Gasteiger partial charge in [-0.3, -0.25) is 4.79 Å². The quantitative estimate of drug-likeness (QED) is 0.627. The second kappa shape index (κ2) is 3.89. The van der Waals surface area contributed by atoms with Gasteiger partial charge in [0.25, 0.3) is 0 Å². The fourth-order valence-corrected chi connectivity index (χ4v) is 2.86. The molecule has 2 fully saturated rings. The predicted molar refractivity (Wildman–Crippen MR) is 56.0 cm³/mol. The standard InChI is InChI=1S/C11H20N2O/c1-10(14)13-7-3-5-11(9-13)4-2-6-12-8-11/h12H,2-9H2,1H3. The number of hydrogen-bond acceptors (Lipinski definition) is 2. The van der Waals surface area contributed by atoms with Gasteiger partial charge in [-0.25, -0.2) is 0 Å². The molecule has 3 nitrogen and oxygen atoms in total. The second-order valence-electron chi connectivity index (χ2n) is 4.82. The first-order chi connectivity index (χ1) is 6.72. The number of amides is 1. The second-order valence-corrected chi connectivity index (χ2v) is 4.82. The number of piperidine rings is 2. The van der Waals surface area contributed by atoms with Crippen LogP contribution in [0, 0.1) is 5.41 Å². The van der Waals surface area contributed by atoms with E-state index in [0.29, 0.717) is 5.41 Å². The molecule has 2 heterocycles. The lowest BCUT2D eigenvalue weighted by Gasteiger charge is -2.45. The minimum absolute atomic E-state index is 0.245. The molecule has 0 saturated carbocycles. The highest BCUT2D eigenvalue weighted by molar-refractivity contribution is 5.73. The van der Waals surface area contributed by atoms with Crippen molar-refractivity contribution in [2.45, 2.75) is 32.6 Å². The number of nitrogens with one attached hydrogen (secondary N) is 1. The number of nitrogens with zero attached hydrogens (tertiary/aromatic N) is 1. The van der Waals surface area contributed by atoms with E-state index in [0.717, 1.165) is 26.2 Å². The molecule has 3 heteroatoms. The average molecular weight is 196 g/mol. The lowest BCUT2D eigenvalue weighted by molar-refractivity contribution is -0.132. The summed E-state index contributed by atoms with van der Waals surface area (Å²) in [5.74, 6) is 0.245. The normalized spacial score (nSPS) is 33.4. The zero-order chi connectivity index (χ0) is 10.0. The molecule has 1 unspecified atom stereocenters. The summed E-state index contributed by atoms with van der Waals surface area (Å²) in [5, 5.41) is 3.47. The Morgan fingerprint density at radius 2 is 2.14 bits per heavy atom. The predicted octanol–water partition coefficient (Wildman–Crippen LogP) is 0.998. The highest BCUT2D eigenvalue weighted by atomic mass is 16.2. The van der Waals surface area contributed by atoms with Crippen molar-refractivity contribution in [3.05, 3.63) is 0 Å². The molecule has 1 spiro atoms. The lowest BCUT2D eigenvalue weighted by atomic mass is 9.74. The lowest BCUT2D eigenvalue weighted by Crippen LogP contribution is -2.52. The highest BCUT2D eigenvalue weighted by Gasteiger charge is 2.37. The minimum Gasteiger partial charge on any atom is -0.342 e. The summed E-state index contributed by atoms with van der Waals surface area (Å²) in [6.07, 6.45) is 5.04. The van der Waals surface area contributed by atoms with Gasteiger partial charge in [-0.1, -0.05) is 0 Å². The maximum absolute atomic E-state index is 11.3. The molecule has 2 rings (SSSR count). The molecule has 2 aliphatic rings. The molecule has 1 N–H and O–H groups in total. The van der Waals surface area contributed by atoms with Crippen LogP contribution in [0.4, 0.5) is 0 Å². The number of rotatable bonds is 0. The zero-order valence-electron chi connectivity index (χ0n) is 9.01. The van der Waals surface area contributed by atoms with E-state index in [1.54, 1.807) is 6.92 Å². The zero-order valence-corrected chi connectivity index (χ0v) is 9.01. The van der Waals surface area contributed by atoms with E-state index in [2.05, 4.69) is 5.32 Å². The molecule has 1 amide bonds. The molecule has 0 aromatic carbocycles. The highest BCUT2D eigenvalue weighted by Crippen LogP contribution is 2.35. The van der Waals surface area contributed by atoms with Crippen molar-refractivity contribution in [2.24, 2.45) is 5.41 Å². The summed E-state index contributed by atoms with van der Waals surface area (Å²) >= 11 is 0. The first-order valence-electron chi connectivity index (χ1n) is 5.68. The Labute approximate surface area is 85.8 Å². The van der Waals surface area contributed by atoms with Crippen LogP contribution in [0.15, 0.2) is 0 Å². The van der Waals surface area contributed by atoms with E-state index in [1.807, 2.05) is 4.90 Å². The van der Waals surface area contributed by atoms with Crippen LogP contribution in [0.1, 0.15) is 32.6 Å². The largest absolute Gasteiger partial charge is 0.342 e. The number of carbonyl (C=O) groups is 1. The Kier molecular flexibility index (Phi) is 2.77. The molecule has 0 radical (unpaired) electrons. The van der Waals surface area contributed by atoms with Gasteiger partial charge in [0, 0.05) is 32.0 Å². The molecular weight excluding hydrogens is 176 g/mol. The van der Waals surface area contributed by atoms with Crippen molar-refractivity contribution in [1.82, 2.24) is 10.2 Å². The molecular formula is C11H20N2O. The van der Waals surface area contributed by atoms with Gasteiger partial charge in [0.15, 0.2) is 0 Å². The fraction of sp³-hybridized carbons (Fsp3) is 0.909. The molecule has 1 atom stereocenters. The molecule has 14 heavy (non-hydrogen) atoms. The molecule has 0 aromatic heterocycles. The number of carbonyl (C=O) groups excluding carboxylic acids is 1. The third-order valence-electron chi connectivity index (χ3n) is 3.67. The monoisotopic (exact) mass is 196 g/mol. The van der Waals surface area contributed by atoms with Crippen molar-refractivity contribution in [3.8, 4) is 0 Å². The van der Waals surface area contributed by atoms with Crippen molar-refractivity contribution >= 4 is 5.91 Å². The van der Waals surface area contributed by atoms with Gasteiger partial charge >= 0.3 is 0 Å². The Morgan fingerprint density at radius 1 is 1.36 bits per heavy atom. The Bertz CT molecular complexity index is 216. The van der Waals surface area contributed by atoms with Crippen molar-refractivity contribution in [2.75, 3.05) is 26.2 Å². The van der Waals surface area contributed by atoms with Gasteiger partial charge < -0.3 is 10.2 Å². The van der Waals surface area contributed by atoms with E-state index in [9.17, 15) is 4.79 Å². The Morgan fingerprint density at radius 3 is 2.79 bits per heavy atom. The molecule has 2 aliphatic heterocycles. The van der Waals surface area contributed by atoms with Crippen LogP contribution in [0.5, 0.6) is 0 Å². The number of hydrogen-bond donors (Lipinski definition) is 1. The summed E-state index contributed by atoms with van der Waals surface area (Å²) in [6.45, 7) is 5.90. The Hall–Kier alpha value is -0.570. The summed E-state index contributed by atoms with van der Waals surface area (Å²) < 4.78 is 0. The third-order valence-corrected chi connectivity index (χ3v) is 3.67. The first-order valence-corrected chi connectivity index (χ1v) is 5.68. The van der Waals surface area contributed by atoms with Crippen LogP contribution in [0.25, 0.3) is 0 Å². The third kappa shape index (κ3) is 1.92. The summed E-state index contributed by atoms with van der Waals surface area (Å²) in [4.78, 5) is 13.4. The SMILES string of the molecule is CC(=O)N1CCCC2(CCCNC2)C1. The molecule has 80 valence electrons. The fourth-order valence-electron chi connectivity index (χ4n) is 2.86. The first kappa shape index (κ1) is 9.97. The minimum atomic E-state index is 0.245. The molecule has 0 aliphatic carbocycles.